The van der Waals surface area contributed by atoms with Crippen LogP contribution in [0.4, 0.5) is 0 Å². The van der Waals surface area contributed by atoms with Gasteiger partial charge in [0.05, 0.1) is 36.6 Å². The summed E-state index contributed by atoms with van der Waals surface area (Å²) in [5.74, 6) is -5.18. The number of carbonyl (C=O) groups is 8. The summed E-state index contributed by atoms with van der Waals surface area (Å²) in [6.07, 6.45) is 6.00. The van der Waals surface area contributed by atoms with Gasteiger partial charge in [-0.3, -0.25) is 38.5 Å². The SMILES string of the molecule is CC[C@H](C)C(C(CC(=O)N1CC2(CC2)C[C@H]1C(OC)C(C)C(=O)N[C@@H](Cc1ccccc1)C(=O)O)OC)N(C)C(=O)[C@@H](NC(=O)[C@H](C(C)C)N(C)C(=O)CCCCCN1C(=O)C=CC1=O)C(C)C. The Morgan fingerprint density at radius 3 is 2.00 bits per heavy atom. The maximum atomic E-state index is 14.7. The zero-order chi connectivity index (χ0) is 50.6. The van der Waals surface area contributed by atoms with Crippen molar-refractivity contribution in [1.29, 1.82) is 0 Å². The molecule has 0 radical (unpaired) electrons. The van der Waals surface area contributed by atoms with Gasteiger partial charge in [0.1, 0.15) is 18.1 Å². The first-order chi connectivity index (χ1) is 32.1. The first-order valence-corrected chi connectivity index (χ1v) is 24.4. The van der Waals surface area contributed by atoms with Crippen LogP contribution in [0.3, 0.4) is 0 Å². The third-order valence-corrected chi connectivity index (χ3v) is 14.5. The molecule has 4 unspecified atom stereocenters. The fourth-order valence-corrected chi connectivity index (χ4v) is 10.0. The van der Waals surface area contributed by atoms with Crippen LogP contribution >= 0.6 is 0 Å². The van der Waals surface area contributed by atoms with E-state index in [2.05, 4.69) is 10.6 Å². The molecule has 7 amide bonds. The highest BCUT2D eigenvalue weighted by molar-refractivity contribution is 6.12. The highest BCUT2D eigenvalue weighted by atomic mass is 16.5. The number of hydrogen-bond acceptors (Lipinski definition) is 10. The Labute approximate surface area is 403 Å². The van der Waals surface area contributed by atoms with Gasteiger partial charge >= 0.3 is 5.97 Å². The van der Waals surface area contributed by atoms with Gasteiger partial charge in [0, 0.05) is 66.4 Å². The van der Waals surface area contributed by atoms with Crippen molar-refractivity contribution in [2.75, 3.05) is 41.4 Å². The zero-order valence-corrected chi connectivity index (χ0v) is 42.2. The first kappa shape index (κ1) is 55.4. The number of carbonyl (C=O) groups excluding carboxylic acids is 7. The monoisotopic (exact) mass is 951 g/mol. The van der Waals surface area contributed by atoms with E-state index in [-0.39, 0.29) is 78.5 Å². The minimum Gasteiger partial charge on any atom is -0.480 e. The molecule has 0 bridgehead atoms. The van der Waals surface area contributed by atoms with E-state index in [4.69, 9.17) is 9.47 Å². The molecule has 1 aromatic carbocycles. The van der Waals surface area contributed by atoms with Crippen LogP contribution in [0.2, 0.25) is 0 Å². The normalized spacial score (nSPS) is 19.9. The van der Waals surface area contributed by atoms with Crippen molar-refractivity contribution in [1.82, 2.24) is 30.2 Å². The Kier molecular flexibility index (Phi) is 20.3. The number of likely N-dealkylation sites (tertiary alicyclic amines) is 1. The number of rotatable bonds is 27. The highest BCUT2D eigenvalue weighted by Gasteiger charge is 2.56. The van der Waals surface area contributed by atoms with Crippen molar-refractivity contribution in [2.24, 2.45) is 29.1 Å². The lowest BCUT2D eigenvalue weighted by molar-refractivity contribution is -0.149. The van der Waals surface area contributed by atoms with Gasteiger partial charge < -0.3 is 39.9 Å². The molecule has 3 N–H and O–H groups in total. The van der Waals surface area contributed by atoms with E-state index >= 15 is 0 Å². The molecule has 17 nitrogen and oxygen atoms in total. The number of nitrogens with zero attached hydrogens (tertiary/aromatic N) is 4. The summed E-state index contributed by atoms with van der Waals surface area (Å²) in [6.45, 7) is 13.8. The molecule has 1 saturated carbocycles. The van der Waals surface area contributed by atoms with Gasteiger partial charge in [-0.1, -0.05) is 91.6 Å². The van der Waals surface area contributed by atoms with Crippen molar-refractivity contribution >= 4 is 47.3 Å². The van der Waals surface area contributed by atoms with E-state index < -0.39 is 66.1 Å². The Hall–Kier alpha value is -5.16. The van der Waals surface area contributed by atoms with Crippen LogP contribution in [-0.4, -0.2) is 156 Å². The summed E-state index contributed by atoms with van der Waals surface area (Å²) in [6, 6.07) is 5.01. The van der Waals surface area contributed by atoms with E-state index in [0.717, 1.165) is 18.4 Å². The Morgan fingerprint density at radius 1 is 0.838 bits per heavy atom. The molecule has 2 heterocycles. The second-order valence-electron chi connectivity index (χ2n) is 20.1. The van der Waals surface area contributed by atoms with Crippen LogP contribution in [0.15, 0.2) is 42.5 Å². The van der Waals surface area contributed by atoms with Crippen molar-refractivity contribution in [3.63, 3.8) is 0 Å². The van der Waals surface area contributed by atoms with Crippen LogP contribution in [0, 0.1) is 29.1 Å². The van der Waals surface area contributed by atoms with Gasteiger partial charge in [0.15, 0.2) is 0 Å². The summed E-state index contributed by atoms with van der Waals surface area (Å²) >= 11 is 0. The quantitative estimate of drug-likeness (QED) is 0.0840. The van der Waals surface area contributed by atoms with Crippen molar-refractivity contribution in [3.8, 4) is 0 Å². The van der Waals surface area contributed by atoms with E-state index in [1.807, 2.05) is 59.7 Å². The van der Waals surface area contributed by atoms with Crippen LogP contribution in [-0.2, 0) is 54.3 Å². The molecule has 68 heavy (non-hydrogen) atoms. The van der Waals surface area contributed by atoms with Gasteiger partial charge in [0.25, 0.3) is 11.8 Å². The number of carboxylic acids is 1. The largest absolute Gasteiger partial charge is 0.480 e. The van der Waals surface area contributed by atoms with Crippen LogP contribution in [0.25, 0.3) is 0 Å². The number of methoxy groups -OCH3 is 2. The zero-order valence-electron chi connectivity index (χ0n) is 42.2. The number of nitrogens with one attached hydrogen (secondary N) is 2. The predicted octanol–water partition coefficient (Wildman–Crippen LogP) is 4.22. The Bertz CT molecular complexity index is 1950. The smallest absolute Gasteiger partial charge is 0.326 e. The predicted molar refractivity (Wildman–Crippen MR) is 255 cm³/mol. The number of likely N-dealkylation sites (N-methyl/N-ethyl adjacent to an activating group) is 2. The fraction of sp³-hybridized carbons (Fsp3) is 0.686. The summed E-state index contributed by atoms with van der Waals surface area (Å²) in [5, 5.41) is 15.7. The molecule has 0 aromatic heterocycles. The maximum Gasteiger partial charge on any atom is 0.326 e. The van der Waals surface area contributed by atoms with E-state index in [1.54, 1.807) is 43.0 Å². The molecular formula is C51H78N6O11. The molecule has 17 heteroatoms. The van der Waals surface area contributed by atoms with Gasteiger partial charge in [-0.2, -0.15) is 0 Å². The molecule has 9 atom stereocenters. The Morgan fingerprint density at radius 2 is 1.47 bits per heavy atom. The summed E-state index contributed by atoms with van der Waals surface area (Å²) in [4.78, 5) is 113. The van der Waals surface area contributed by atoms with E-state index in [0.29, 0.717) is 38.6 Å². The molecular weight excluding hydrogens is 873 g/mol. The summed E-state index contributed by atoms with van der Waals surface area (Å²) in [7, 11) is 6.27. The Balaban J connectivity index is 1.45. The summed E-state index contributed by atoms with van der Waals surface area (Å²) in [5.41, 5.74) is 0.672. The number of unbranched alkanes of at least 4 members (excludes halogenated alkanes) is 2. The van der Waals surface area contributed by atoms with Gasteiger partial charge in [0.2, 0.25) is 29.5 Å². The number of benzene rings is 1. The van der Waals surface area contributed by atoms with Crippen LogP contribution in [0.5, 0.6) is 0 Å². The minimum absolute atomic E-state index is 0.0718. The lowest BCUT2D eigenvalue weighted by Gasteiger charge is -2.41. The number of carboxylic acid groups (broad SMARTS) is 1. The number of hydrogen-bond donors (Lipinski definition) is 3. The molecule has 1 spiro atoms. The number of amides is 7. The third kappa shape index (κ3) is 14.0. The van der Waals surface area contributed by atoms with Gasteiger partial charge in [-0.05, 0) is 60.8 Å². The van der Waals surface area contributed by atoms with Crippen LogP contribution < -0.4 is 10.6 Å². The molecule has 1 aliphatic carbocycles. The fourth-order valence-electron chi connectivity index (χ4n) is 10.0. The van der Waals surface area contributed by atoms with E-state index in [9.17, 15) is 43.5 Å². The third-order valence-electron chi connectivity index (χ3n) is 14.5. The van der Waals surface area contributed by atoms with Gasteiger partial charge in [-0.15, -0.1) is 0 Å². The second-order valence-corrected chi connectivity index (χ2v) is 20.1. The second kappa shape index (κ2) is 24.9. The van der Waals surface area contributed by atoms with Crippen LogP contribution in [0.1, 0.15) is 112 Å². The average Bonchev–Trinajstić information content (AvgIpc) is 3.85. The molecule has 2 fully saturated rings. The number of aliphatic carboxylic acids is 1. The van der Waals surface area contributed by atoms with Crippen molar-refractivity contribution in [2.45, 2.75) is 155 Å². The minimum atomic E-state index is -1.16. The standard InChI is InChI=1S/C51H78N6O11/c1-12-33(6)45(55(9)49(64)43(31(2)3)53-48(63)44(32(4)5)54(8)39(58)21-17-14-18-26-56-40(59)22-23-41(56)60)38(67-10)28-42(61)57-30-51(24-25-51)29-37(57)46(68-11)34(7)47(62)52-36(50(65)66)27-35-19-15-13-16-20-35/h13,15-16,19-20,22-23,31-34,36-38,43-46H,12,14,17-18,21,24-30H2,1-11H3,(H,52,62)(H,53,63)(H,65,66)/t33-,34?,36-,37-,38?,43-,44-,45?,46?/m0/s1. The first-order valence-electron chi connectivity index (χ1n) is 24.4. The lowest BCUT2D eigenvalue weighted by Crippen LogP contribution is -2.60. The summed E-state index contributed by atoms with van der Waals surface area (Å²) < 4.78 is 12.1. The molecule has 4 rings (SSSR count). The molecule has 3 aliphatic rings. The molecule has 1 saturated heterocycles. The average molecular weight is 951 g/mol. The maximum absolute atomic E-state index is 14.7. The molecule has 2 aliphatic heterocycles. The lowest BCUT2D eigenvalue weighted by atomic mass is 9.89. The van der Waals surface area contributed by atoms with E-state index in [1.165, 1.54) is 36.2 Å². The molecule has 1 aromatic rings. The number of ether oxygens (including phenoxy) is 2. The topological polar surface area (TPSA) is 212 Å². The van der Waals surface area contributed by atoms with Crippen molar-refractivity contribution in [3.05, 3.63) is 48.0 Å². The highest BCUT2D eigenvalue weighted by Crippen LogP contribution is 2.56. The number of imide groups is 1. The molecule has 378 valence electrons. The van der Waals surface area contributed by atoms with Crippen molar-refractivity contribution < 1.29 is 52.9 Å². The van der Waals surface area contributed by atoms with Gasteiger partial charge in [-0.25, -0.2) is 4.79 Å².